The van der Waals surface area contributed by atoms with E-state index in [1.165, 1.54) is 25.3 Å². The van der Waals surface area contributed by atoms with Crippen LogP contribution in [0.2, 0.25) is 0 Å². The maximum absolute atomic E-state index is 12.4. The van der Waals surface area contributed by atoms with E-state index in [-0.39, 0.29) is 17.7 Å². The quantitative estimate of drug-likeness (QED) is 0.313. The summed E-state index contributed by atoms with van der Waals surface area (Å²) in [5.74, 6) is -1.16. The normalized spacial score (nSPS) is 11.4. The lowest BCUT2D eigenvalue weighted by Crippen LogP contribution is -2.43. The van der Waals surface area contributed by atoms with Crippen molar-refractivity contribution in [1.82, 2.24) is 5.32 Å². The van der Waals surface area contributed by atoms with E-state index < -0.39 is 22.8 Å². The second-order valence-electron chi connectivity index (χ2n) is 5.19. The number of hydrogen-bond donors (Lipinski definition) is 1. The first-order valence-corrected chi connectivity index (χ1v) is 8.36. The molecule has 0 saturated carbocycles. The van der Waals surface area contributed by atoms with Gasteiger partial charge in [0.05, 0.1) is 12.0 Å². The zero-order chi connectivity index (χ0) is 18.4. The Morgan fingerprint density at radius 3 is 2.60 bits per heavy atom. The molecular formula is C17H15IN2O5. The molecule has 0 radical (unpaired) electrons. The predicted molar refractivity (Wildman–Crippen MR) is 99.2 cm³/mol. The number of nitrogens with one attached hydrogen (secondary N) is 1. The maximum atomic E-state index is 12.4. The van der Waals surface area contributed by atoms with Crippen LogP contribution in [-0.2, 0) is 16.0 Å². The van der Waals surface area contributed by atoms with Crippen molar-refractivity contribution in [2.45, 2.75) is 12.5 Å². The Morgan fingerprint density at radius 2 is 1.96 bits per heavy atom. The molecule has 0 heterocycles. The average Bonchev–Trinajstić information content (AvgIpc) is 2.60. The van der Waals surface area contributed by atoms with Gasteiger partial charge in [0.2, 0.25) is 0 Å². The molecule has 0 aliphatic carbocycles. The van der Waals surface area contributed by atoms with Gasteiger partial charge in [-0.3, -0.25) is 14.9 Å². The van der Waals surface area contributed by atoms with Crippen molar-refractivity contribution in [1.29, 1.82) is 0 Å². The molecule has 1 N–H and O–H groups in total. The number of non-ortho nitro benzene ring substituents is 1. The number of rotatable bonds is 6. The van der Waals surface area contributed by atoms with E-state index in [1.807, 2.05) is 24.3 Å². The molecule has 130 valence electrons. The van der Waals surface area contributed by atoms with Gasteiger partial charge in [-0.05, 0) is 46.4 Å². The highest BCUT2D eigenvalue weighted by Crippen LogP contribution is 2.14. The third-order valence-electron chi connectivity index (χ3n) is 3.44. The summed E-state index contributed by atoms with van der Waals surface area (Å²) in [5, 5.41) is 13.4. The Hall–Kier alpha value is -2.49. The molecule has 1 atom stereocenters. The molecule has 0 spiro atoms. The largest absolute Gasteiger partial charge is 0.467 e. The Kier molecular flexibility index (Phi) is 6.45. The third kappa shape index (κ3) is 5.24. The van der Waals surface area contributed by atoms with Crippen molar-refractivity contribution in [3.05, 3.63) is 73.3 Å². The van der Waals surface area contributed by atoms with Gasteiger partial charge in [-0.25, -0.2) is 4.79 Å². The molecule has 2 aromatic rings. The van der Waals surface area contributed by atoms with E-state index in [9.17, 15) is 19.7 Å². The molecule has 0 unspecified atom stereocenters. The fourth-order valence-corrected chi connectivity index (χ4v) is 2.85. The Bertz CT molecular complexity index is 809. The number of hydrogen-bond acceptors (Lipinski definition) is 5. The first kappa shape index (κ1) is 18.8. The number of carbonyl (C=O) groups is 2. The number of esters is 1. The second kappa shape index (κ2) is 8.56. The van der Waals surface area contributed by atoms with Crippen molar-refractivity contribution < 1.29 is 19.2 Å². The molecule has 0 aliphatic rings. The topological polar surface area (TPSA) is 98.5 Å². The van der Waals surface area contributed by atoms with E-state index in [2.05, 4.69) is 27.9 Å². The Labute approximate surface area is 157 Å². The van der Waals surface area contributed by atoms with E-state index in [0.717, 1.165) is 15.2 Å². The van der Waals surface area contributed by atoms with Gasteiger partial charge in [0.1, 0.15) is 6.04 Å². The first-order chi connectivity index (χ1) is 11.9. The zero-order valence-electron chi connectivity index (χ0n) is 13.3. The molecule has 0 saturated heterocycles. The molecule has 0 aliphatic heterocycles. The van der Waals surface area contributed by atoms with E-state index in [0.29, 0.717) is 0 Å². The lowest BCUT2D eigenvalue weighted by atomic mass is 10.1. The summed E-state index contributed by atoms with van der Waals surface area (Å²) in [4.78, 5) is 34.6. The van der Waals surface area contributed by atoms with Crippen LogP contribution in [0, 0.1) is 13.7 Å². The van der Waals surface area contributed by atoms with Crippen LogP contribution in [0.5, 0.6) is 0 Å². The summed E-state index contributed by atoms with van der Waals surface area (Å²) < 4.78 is 5.75. The molecule has 2 rings (SSSR count). The highest BCUT2D eigenvalue weighted by atomic mass is 127. The van der Waals surface area contributed by atoms with Gasteiger partial charge in [-0.15, -0.1) is 0 Å². The van der Waals surface area contributed by atoms with E-state index in [1.54, 1.807) is 0 Å². The monoisotopic (exact) mass is 454 g/mol. The van der Waals surface area contributed by atoms with Crippen LogP contribution in [0.25, 0.3) is 0 Å². The molecule has 7 nitrogen and oxygen atoms in total. The summed E-state index contributed by atoms with van der Waals surface area (Å²) >= 11 is 2.16. The van der Waals surface area contributed by atoms with Crippen molar-refractivity contribution in [2.75, 3.05) is 7.11 Å². The van der Waals surface area contributed by atoms with Crippen LogP contribution in [-0.4, -0.2) is 30.0 Å². The van der Waals surface area contributed by atoms with Gasteiger partial charge < -0.3 is 10.1 Å². The van der Waals surface area contributed by atoms with Crippen molar-refractivity contribution in [2.24, 2.45) is 0 Å². The minimum atomic E-state index is -0.894. The number of benzene rings is 2. The van der Waals surface area contributed by atoms with Crippen molar-refractivity contribution in [3.63, 3.8) is 0 Å². The Morgan fingerprint density at radius 1 is 1.24 bits per heavy atom. The van der Waals surface area contributed by atoms with Gasteiger partial charge in [0.25, 0.3) is 11.6 Å². The number of nitro groups is 1. The lowest BCUT2D eigenvalue weighted by Gasteiger charge is -2.17. The van der Waals surface area contributed by atoms with Crippen molar-refractivity contribution in [3.8, 4) is 0 Å². The minimum Gasteiger partial charge on any atom is -0.467 e. The predicted octanol–water partition coefficient (Wildman–Crippen LogP) is 2.71. The van der Waals surface area contributed by atoms with Gasteiger partial charge in [0, 0.05) is 27.7 Å². The van der Waals surface area contributed by atoms with Crippen LogP contribution in [0.3, 0.4) is 0 Å². The van der Waals surface area contributed by atoms with Gasteiger partial charge in [0.15, 0.2) is 0 Å². The Balaban J connectivity index is 2.19. The second-order valence-corrected chi connectivity index (χ2v) is 6.44. The number of methoxy groups -OCH3 is 1. The van der Waals surface area contributed by atoms with Crippen LogP contribution in [0.4, 0.5) is 5.69 Å². The van der Waals surface area contributed by atoms with Gasteiger partial charge in [-0.2, -0.15) is 0 Å². The summed E-state index contributed by atoms with van der Waals surface area (Å²) in [6.07, 6.45) is 0.254. The number of ether oxygens (including phenoxy) is 1. The summed E-state index contributed by atoms with van der Waals surface area (Å²) in [5.41, 5.74) is 0.771. The number of nitro benzene ring substituents is 1. The maximum Gasteiger partial charge on any atom is 0.328 e. The average molecular weight is 454 g/mol. The zero-order valence-corrected chi connectivity index (χ0v) is 15.4. The van der Waals surface area contributed by atoms with Gasteiger partial charge >= 0.3 is 5.97 Å². The number of carbonyl (C=O) groups excluding carboxylic acids is 2. The number of amides is 1. The summed E-state index contributed by atoms with van der Waals surface area (Å²) in [6, 6.07) is 11.9. The van der Waals surface area contributed by atoms with E-state index in [4.69, 9.17) is 4.74 Å². The molecule has 0 bridgehead atoms. The standard InChI is InChI=1S/C17H15IN2O5/c1-25-17(22)15(9-11-4-2-6-13(18)8-11)19-16(21)12-5-3-7-14(10-12)20(23)24/h2-8,10,15H,9H2,1H3,(H,19,21)/t15-/m0/s1. The van der Waals surface area contributed by atoms with Crippen LogP contribution in [0.15, 0.2) is 48.5 Å². The minimum absolute atomic E-state index is 0.103. The number of halogens is 1. The van der Waals surface area contributed by atoms with Crippen LogP contribution in [0.1, 0.15) is 15.9 Å². The smallest absolute Gasteiger partial charge is 0.328 e. The molecule has 8 heteroatoms. The third-order valence-corrected chi connectivity index (χ3v) is 4.11. The molecular weight excluding hydrogens is 439 g/mol. The van der Waals surface area contributed by atoms with Crippen LogP contribution < -0.4 is 5.32 Å². The highest BCUT2D eigenvalue weighted by molar-refractivity contribution is 14.1. The molecule has 2 aromatic carbocycles. The summed E-state index contributed by atoms with van der Waals surface area (Å²) in [7, 11) is 1.24. The molecule has 1 amide bonds. The van der Waals surface area contributed by atoms with Gasteiger partial charge in [-0.1, -0.05) is 18.2 Å². The highest BCUT2D eigenvalue weighted by Gasteiger charge is 2.23. The summed E-state index contributed by atoms with van der Waals surface area (Å²) in [6.45, 7) is 0. The fraction of sp³-hybridized carbons (Fsp3) is 0.176. The fourth-order valence-electron chi connectivity index (χ4n) is 2.24. The van der Waals surface area contributed by atoms with Crippen LogP contribution >= 0.6 is 22.6 Å². The number of nitrogens with zero attached hydrogens (tertiary/aromatic N) is 1. The van der Waals surface area contributed by atoms with E-state index >= 15 is 0 Å². The SMILES string of the molecule is COC(=O)[C@H](Cc1cccc(I)c1)NC(=O)c1cccc([N+](=O)[O-])c1. The molecule has 0 fully saturated rings. The first-order valence-electron chi connectivity index (χ1n) is 7.28. The lowest BCUT2D eigenvalue weighted by molar-refractivity contribution is -0.384. The van der Waals surface area contributed by atoms with Crippen molar-refractivity contribution >= 4 is 40.2 Å². The molecule has 25 heavy (non-hydrogen) atoms. The molecule has 0 aromatic heterocycles.